The molecule has 1 aliphatic rings. The summed E-state index contributed by atoms with van der Waals surface area (Å²) in [7, 11) is 0. The molecule has 22 heavy (non-hydrogen) atoms. The minimum atomic E-state index is 0.0311. The van der Waals surface area contributed by atoms with E-state index in [1.165, 1.54) is 0 Å². The molecule has 0 saturated heterocycles. The van der Waals surface area contributed by atoms with Gasteiger partial charge in [0, 0.05) is 28.7 Å². The topological polar surface area (TPSA) is 42.4 Å². The van der Waals surface area contributed by atoms with Gasteiger partial charge in [0.2, 0.25) is 5.91 Å². The van der Waals surface area contributed by atoms with E-state index >= 15 is 0 Å². The Morgan fingerprint density at radius 1 is 1.32 bits per heavy atom. The summed E-state index contributed by atoms with van der Waals surface area (Å²) in [6.45, 7) is 1.02. The van der Waals surface area contributed by atoms with Gasteiger partial charge in [0.1, 0.15) is 18.0 Å². The lowest BCUT2D eigenvalue weighted by molar-refractivity contribution is -0.118. The van der Waals surface area contributed by atoms with Crippen LogP contribution in [0, 0.1) is 0 Å². The molecule has 2 heterocycles. The molecule has 1 aromatic heterocycles. The van der Waals surface area contributed by atoms with E-state index in [1.54, 1.807) is 35.5 Å². The number of halogens is 2. The Bertz CT molecular complexity index is 706. The number of aromatic nitrogens is 1. The molecule has 1 aromatic carbocycles. The number of fused-ring (bicyclic) bond motifs is 1. The summed E-state index contributed by atoms with van der Waals surface area (Å²) in [5.74, 6) is 0.725. The van der Waals surface area contributed by atoms with Gasteiger partial charge in [-0.15, -0.1) is 0 Å². The first-order chi connectivity index (χ1) is 10.6. The molecule has 0 bridgehead atoms. The lowest BCUT2D eigenvalue weighted by atomic mass is 10.1. The number of aryl methyl sites for hydroxylation is 1. The van der Waals surface area contributed by atoms with Gasteiger partial charge in [-0.3, -0.25) is 9.78 Å². The van der Waals surface area contributed by atoms with Crippen LogP contribution in [0.1, 0.15) is 12.0 Å². The van der Waals surface area contributed by atoms with Gasteiger partial charge < -0.3 is 9.64 Å². The molecule has 0 fully saturated rings. The minimum Gasteiger partial charge on any atom is -0.489 e. The van der Waals surface area contributed by atoms with Crippen molar-refractivity contribution >= 4 is 34.8 Å². The molecule has 4 nitrogen and oxygen atoms in total. The monoisotopic (exact) mass is 336 g/mol. The lowest BCUT2D eigenvalue weighted by Gasteiger charge is -2.29. The molecule has 0 spiro atoms. The predicted molar refractivity (Wildman–Crippen MR) is 86.9 cm³/mol. The standard InChI is InChI=1S/C16H14Cl2N2O2/c17-12-3-1-11(13(18)9-12)2-4-16(21)20-7-8-22-15-5-6-19-10-14(15)20/h1,3,5-6,9-10H,2,4,7-8H2. The molecule has 114 valence electrons. The van der Waals surface area contributed by atoms with Crippen molar-refractivity contribution in [2.75, 3.05) is 18.1 Å². The number of amides is 1. The number of hydrogen-bond donors (Lipinski definition) is 0. The SMILES string of the molecule is O=C(CCc1ccc(Cl)cc1Cl)N1CCOc2ccncc21. The molecule has 3 rings (SSSR count). The molecular formula is C16H14Cl2N2O2. The van der Waals surface area contributed by atoms with Crippen LogP contribution in [-0.4, -0.2) is 24.0 Å². The molecule has 1 aliphatic heterocycles. The van der Waals surface area contributed by atoms with E-state index in [2.05, 4.69) is 4.98 Å². The van der Waals surface area contributed by atoms with Gasteiger partial charge in [0.25, 0.3) is 0 Å². The summed E-state index contributed by atoms with van der Waals surface area (Å²) >= 11 is 12.0. The van der Waals surface area contributed by atoms with Crippen LogP contribution in [0.25, 0.3) is 0 Å². The number of hydrogen-bond acceptors (Lipinski definition) is 3. The van der Waals surface area contributed by atoms with Crippen LogP contribution in [0.2, 0.25) is 10.0 Å². The van der Waals surface area contributed by atoms with Gasteiger partial charge in [0.15, 0.2) is 0 Å². The van der Waals surface area contributed by atoms with E-state index in [-0.39, 0.29) is 5.91 Å². The molecular weight excluding hydrogens is 323 g/mol. The number of anilines is 1. The highest BCUT2D eigenvalue weighted by Gasteiger charge is 2.23. The number of rotatable bonds is 3. The van der Waals surface area contributed by atoms with Gasteiger partial charge in [0.05, 0.1) is 12.7 Å². The summed E-state index contributed by atoms with van der Waals surface area (Å²) in [5, 5.41) is 1.18. The Morgan fingerprint density at radius 2 is 2.18 bits per heavy atom. The van der Waals surface area contributed by atoms with Crippen molar-refractivity contribution in [3.63, 3.8) is 0 Å². The summed E-state index contributed by atoms with van der Waals surface area (Å²) < 4.78 is 5.53. The molecule has 0 unspecified atom stereocenters. The third-order valence-electron chi connectivity index (χ3n) is 3.55. The number of carbonyl (C=O) groups is 1. The fraction of sp³-hybridized carbons (Fsp3) is 0.250. The average Bonchev–Trinajstić information content (AvgIpc) is 2.53. The highest BCUT2D eigenvalue weighted by molar-refractivity contribution is 6.35. The normalized spacial score (nSPS) is 13.5. The maximum absolute atomic E-state index is 12.5. The first-order valence-corrected chi connectivity index (χ1v) is 7.72. The van der Waals surface area contributed by atoms with Crippen LogP contribution in [0.5, 0.6) is 5.75 Å². The van der Waals surface area contributed by atoms with Crippen molar-refractivity contribution in [1.82, 2.24) is 4.98 Å². The zero-order valence-corrected chi connectivity index (χ0v) is 13.3. The van der Waals surface area contributed by atoms with Crippen LogP contribution >= 0.6 is 23.2 Å². The van der Waals surface area contributed by atoms with Gasteiger partial charge in [-0.2, -0.15) is 0 Å². The van der Waals surface area contributed by atoms with Gasteiger partial charge in [-0.25, -0.2) is 0 Å². The summed E-state index contributed by atoms with van der Waals surface area (Å²) in [5.41, 5.74) is 1.64. The fourth-order valence-corrected chi connectivity index (χ4v) is 2.93. The summed E-state index contributed by atoms with van der Waals surface area (Å²) in [6.07, 6.45) is 4.25. The molecule has 6 heteroatoms. The summed E-state index contributed by atoms with van der Waals surface area (Å²) in [4.78, 5) is 18.3. The van der Waals surface area contributed by atoms with Crippen LogP contribution in [0.4, 0.5) is 5.69 Å². The molecule has 0 N–H and O–H groups in total. The van der Waals surface area contributed by atoms with Crippen molar-refractivity contribution in [2.45, 2.75) is 12.8 Å². The van der Waals surface area contributed by atoms with Gasteiger partial charge >= 0.3 is 0 Å². The zero-order valence-electron chi connectivity index (χ0n) is 11.8. The fourth-order valence-electron chi connectivity index (χ4n) is 2.43. The van der Waals surface area contributed by atoms with E-state index in [4.69, 9.17) is 27.9 Å². The predicted octanol–water partition coefficient (Wildman–Crippen LogP) is 3.75. The number of pyridine rings is 1. The quantitative estimate of drug-likeness (QED) is 0.857. The lowest BCUT2D eigenvalue weighted by Crippen LogP contribution is -2.38. The maximum atomic E-state index is 12.5. The third-order valence-corrected chi connectivity index (χ3v) is 4.14. The zero-order chi connectivity index (χ0) is 15.5. The van der Waals surface area contributed by atoms with Crippen LogP contribution < -0.4 is 9.64 Å². The Kier molecular flexibility index (Phi) is 4.50. The Labute approximate surface area is 138 Å². The molecule has 2 aromatic rings. The first-order valence-electron chi connectivity index (χ1n) is 6.96. The molecule has 0 atom stereocenters. The van der Waals surface area contributed by atoms with Crippen LogP contribution in [0.15, 0.2) is 36.7 Å². The molecule has 1 amide bonds. The highest BCUT2D eigenvalue weighted by Crippen LogP contribution is 2.31. The number of nitrogens with zero attached hydrogens (tertiary/aromatic N) is 2. The molecule has 0 radical (unpaired) electrons. The second-order valence-corrected chi connectivity index (χ2v) is 5.82. The third kappa shape index (κ3) is 3.18. The average molecular weight is 337 g/mol. The van der Waals surface area contributed by atoms with Crippen LogP contribution in [-0.2, 0) is 11.2 Å². The van der Waals surface area contributed by atoms with Gasteiger partial charge in [-0.05, 0) is 24.1 Å². The highest BCUT2D eigenvalue weighted by atomic mass is 35.5. The van der Waals surface area contributed by atoms with Crippen LogP contribution in [0.3, 0.4) is 0 Å². The van der Waals surface area contributed by atoms with E-state index in [1.807, 2.05) is 6.07 Å². The van der Waals surface area contributed by atoms with Crippen molar-refractivity contribution in [3.8, 4) is 5.75 Å². The van der Waals surface area contributed by atoms with Crippen molar-refractivity contribution < 1.29 is 9.53 Å². The molecule has 0 aliphatic carbocycles. The van der Waals surface area contributed by atoms with E-state index in [0.717, 1.165) is 11.3 Å². The van der Waals surface area contributed by atoms with E-state index in [0.29, 0.717) is 41.8 Å². The number of carbonyl (C=O) groups excluding carboxylic acids is 1. The van der Waals surface area contributed by atoms with Crippen molar-refractivity contribution in [3.05, 3.63) is 52.3 Å². The van der Waals surface area contributed by atoms with Crippen molar-refractivity contribution in [1.29, 1.82) is 0 Å². The van der Waals surface area contributed by atoms with Crippen molar-refractivity contribution in [2.24, 2.45) is 0 Å². The smallest absolute Gasteiger partial charge is 0.227 e. The Morgan fingerprint density at radius 3 is 3.00 bits per heavy atom. The van der Waals surface area contributed by atoms with E-state index in [9.17, 15) is 4.79 Å². The Balaban J connectivity index is 1.70. The second-order valence-electron chi connectivity index (χ2n) is 4.97. The number of benzene rings is 1. The Hall–Kier alpha value is -1.78. The largest absolute Gasteiger partial charge is 0.489 e. The summed E-state index contributed by atoms with van der Waals surface area (Å²) in [6, 6.07) is 7.09. The van der Waals surface area contributed by atoms with E-state index < -0.39 is 0 Å². The molecule has 0 saturated carbocycles. The first kappa shape index (κ1) is 15.1. The number of ether oxygens (including phenoxy) is 1. The van der Waals surface area contributed by atoms with Gasteiger partial charge in [-0.1, -0.05) is 29.3 Å². The second kappa shape index (κ2) is 6.55. The minimum absolute atomic E-state index is 0.0311. The maximum Gasteiger partial charge on any atom is 0.227 e.